The maximum atomic E-state index is 13.7. The molecule has 5 nitrogen and oxygen atoms in total. The van der Waals surface area contributed by atoms with E-state index in [9.17, 15) is 17.9 Å². The molecule has 0 saturated carbocycles. The first-order valence-corrected chi connectivity index (χ1v) is 7.63. The molecular weight excluding hydrogens is 324 g/mol. The molecule has 0 aliphatic rings. The Hall–Kier alpha value is -2.22. The Morgan fingerprint density at radius 1 is 1.43 bits per heavy atom. The van der Waals surface area contributed by atoms with Gasteiger partial charge in [0, 0.05) is 6.07 Å². The summed E-state index contributed by atoms with van der Waals surface area (Å²) < 4.78 is 26.2. The van der Waals surface area contributed by atoms with E-state index in [2.05, 4.69) is 15.3 Å². The maximum absolute atomic E-state index is 13.7. The predicted octanol–water partition coefficient (Wildman–Crippen LogP) is 3.08. The average molecular weight is 339 g/mol. The Bertz CT molecular complexity index is 780. The van der Waals surface area contributed by atoms with Crippen LogP contribution >= 0.6 is 12.1 Å². The number of hydrogen-bond donors (Lipinski definition) is 2. The first-order chi connectivity index (χ1) is 10.9. The lowest BCUT2D eigenvalue weighted by Gasteiger charge is -2.17. The van der Waals surface area contributed by atoms with E-state index in [0.29, 0.717) is 17.8 Å². The van der Waals surface area contributed by atoms with Gasteiger partial charge in [-0.2, -0.15) is 3.89 Å². The number of carbonyl (C=O) groups excluding carboxylic acids is 1. The smallest absolute Gasteiger partial charge is 0.270 e. The number of benzene rings is 1. The van der Waals surface area contributed by atoms with Crippen LogP contribution in [0.4, 0.5) is 8.28 Å². The molecule has 1 heterocycles. The number of aryl methyl sites for hydroxylation is 1. The molecule has 1 atom stereocenters. The van der Waals surface area contributed by atoms with Crippen molar-refractivity contribution in [3.05, 3.63) is 57.5 Å². The third-order valence-corrected chi connectivity index (χ3v) is 3.75. The summed E-state index contributed by atoms with van der Waals surface area (Å²) in [6.07, 6.45) is 0.496. The van der Waals surface area contributed by atoms with Crippen LogP contribution in [0.25, 0.3) is 0 Å². The monoisotopic (exact) mass is 339 g/mol. The molecule has 1 aromatic carbocycles. The van der Waals surface area contributed by atoms with E-state index < -0.39 is 23.3 Å². The van der Waals surface area contributed by atoms with Crippen LogP contribution < -0.4 is 10.9 Å². The minimum atomic E-state index is -0.687. The summed E-state index contributed by atoms with van der Waals surface area (Å²) in [4.78, 5) is 29.9. The standard InChI is InChI=1S/C15H15F2N3O2S/c1-3-11(9-4-5-13(23-17)10(16)6-9)20-15(22)12-7-14(21)19-8(2)18-12/h4-7,11H,3H2,1-2H3,(H,20,22)(H,18,19,21)/t11-/m1/s1. The first kappa shape index (κ1) is 17.1. The number of carbonyl (C=O) groups is 1. The zero-order chi connectivity index (χ0) is 17.0. The zero-order valence-corrected chi connectivity index (χ0v) is 13.3. The van der Waals surface area contributed by atoms with Gasteiger partial charge in [0.05, 0.1) is 23.1 Å². The van der Waals surface area contributed by atoms with E-state index in [0.717, 1.165) is 6.07 Å². The van der Waals surface area contributed by atoms with Crippen LogP contribution in [0.3, 0.4) is 0 Å². The molecule has 8 heteroatoms. The second kappa shape index (κ2) is 7.36. The van der Waals surface area contributed by atoms with Crippen molar-refractivity contribution < 1.29 is 13.1 Å². The quantitative estimate of drug-likeness (QED) is 0.878. The number of nitrogens with zero attached hydrogens (tertiary/aromatic N) is 1. The highest BCUT2D eigenvalue weighted by molar-refractivity contribution is 7.94. The largest absolute Gasteiger partial charge is 0.344 e. The van der Waals surface area contributed by atoms with E-state index in [4.69, 9.17) is 0 Å². The summed E-state index contributed by atoms with van der Waals surface area (Å²) in [5.74, 6) is -0.894. The van der Waals surface area contributed by atoms with Gasteiger partial charge in [-0.05, 0) is 31.0 Å². The molecule has 0 saturated heterocycles. The molecule has 0 aliphatic heterocycles. The van der Waals surface area contributed by atoms with Crippen LogP contribution in [0.5, 0.6) is 0 Å². The Kier molecular flexibility index (Phi) is 5.49. The highest BCUT2D eigenvalue weighted by atomic mass is 32.2. The van der Waals surface area contributed by atoms with Crippen molar-refractivity contribution >= 4 is 18.1 Å². The summed E-state index contributed by atoms with van der Waals surface area (Å²) in [5, 5.41) is 2.70. The number of H-pyrrole nitrogens is 1. The molecule has 0 bridgehead atoms. The van der Waals surface area contributed by atoms with Gasteiger partial charge in [-0.15, -0.1) is 0 Å². The number of halogens is 2. The molecule has 0 aliphatic carbocycles. The molecule has 23 heavy (non-hydrogen) atoms. The molecule has 2 N–H and O–H groups in total. The molecule has 0 spiro atoms. The number of aromatic nitrogens is 2. The van der Waals surface area contributed by atoms with Gasteiger partial charge in [0.25, 0.3) is 11.5 Å². The summed E-state index contributed by atoms with van der Waals surface area (Å²) in [5.41, 5.74) is 0.0740. The van der Waals surface area contributed by atoms with Crippen LogP contribution in [-0.4, -0.2) is 15.9 Å². The van der Waals surface area contributed by atoms with Crippen molar-refractivity contribution in [3.63, 3.8) is 0 Å². The molecule has 1 amide bonds. The van der Waals surface area contributed by atoms with Crippen LogP contribution in [0, 0.1) is 12.7 Å². The van der Waals surface area contributed by atoms with E-state index in [1.165, 1.54) is 12.1 Å². The third kappa shape index (κ3) is 4.16. The Morgan fingerprint density at radius 3 is 2.74 bits per heavy atom. The van der Waals surface area contributed by atoms with Crippen LogP contribution in [-0.2, 0) is 0 Å². The number of rotatable bonds is 5. The summed E-state index contributed by atoms with van der Waals surface area (Å²) in [6, 6.07) is 4.68. The highest BCUT2D eigenvalue weighted by Gasteiger charge is 2.17. The summed E-state index contributed by atoms with van der Waals surface area (Å²) in [7, 11) is 0. The van der Waals surface area contributed by atoms with Crippen molar-refractivity contribution in [2.45, 2.75) is 31.2 Å². The van der Waals surface area contributed by atoms with Gasteiger partial charge in [-0.3, -0.25) is 9.59 Å². The molecule has 1 aromatic heterocycles. The van der Waals surface area contributed by atoms with Gasteiger partial charge in [-0.25, -0.2) is 9.37 Å². The van der Waals surface area contributed by atoms with Crippen molar-refractivity contribution in [2.75, 3.05) is 0 Å². The molecule has 0 unspecified atom stereocenters. The Balaban J connectivity index is 2.23. The van der Waals surface area contributed by atoms with E-state index in [1.807, 2.05) is 6.92 Å². The van der Waals surface area contributed by atoms with Gasteiger partial charge in [0.2, 0.25) is 0 Å². The number of aromatic amines is 1. The topological polar surface area (TPSA) is 74.8 Å². The SMILES string of the molecule is CC[C@@H](NC(=O)c1cc(=O)[nH]c(C)n1)c1ccc(SF)c(F)c1. The van der Waals surface area contributed by atoms with Crippen LogP contribution in [0.2, 0.25) is 0 Å². The lowest BCUT2D eigenvalue weighted by molar-refractivity contribution is 0.0929. The van der Waals surface area contributed by atoms with Gasteiger partial charge < -0.3 is 10.3 Å². The normalized spacial score (nSPS) is 12.0. The summed E-state index contributed by atoms with van der Waals surface area (Å²) >= 11 is -0.173. The lowest BCUT2D eigenvalue weighted by atomic mass is 10.0. The van der Waals surface area contributed by atoms with Crippen molar-refractivity contribution in [2.24, 2.45) is 0 Å². The second-order valence-corrected chi connectivity index (χ2v) is 5.51. The van der Waals surface area contributed by atoms with E-state index in [-0.39, 0.29) is 22.7 Å². The van der Waals surface area contributed by atoms with E-state index in [1.54, 1.807) is 13.0 Å². The van der Waals surface area contributed by atoms with Gasteiger partial charge >= 0.3 is 0 Å². The third-order valence-electron chi connectivity index (χ3n) is 3.25. The fraction of sp³-hybridized carbons (Fsp3) is 0.267. The Morgan fingerprint density at radius 2 is 2.17 bits per heavy atom. The molecule has 0 fully saturated rings. The zero-order valence-electron chi connectivity index (χ0n) is 12.5. The molecule has 122 valence electrons. The van der Waals surface area contributed by atoms with E-state index >= 15 is 0 Å². The minimum Gasteiger partial charge on any atom is -0.344 e. The Labute approximate surface area is 135 Å². The fourth-order valence-electron chi connectivity index (χ4n) is 2.15. The number of amides is 1. The number of nitrogens with one attached hydrogen (secondary N) is 2. The first-order valence-electron chi connectivity index (χ1n) is 6.91. The van der Waals surface area contributed by atoms with Crippen molar-refractivity contribution in [1.82, 2.24) is 15.3 Å². The van der Waals surface area contributed by atoms with Gasteiger partial charge in [-0.1, -0.05) is 13.0 Å². The molecule has 2 aromatic rings. The van der Waals surface area contributed by atoms with Crippen molar-refractivity contribution in [1.29, 1.82) is 0 Å². The van der Waals surface area contributed by atoms with Crippen molar-refractivity contribution in [3.8, 4) is 0 Å². The molecule has 0 radical (unpaired) electrons. The minimum absolute atomic E-state index is 0.0129. The highest BCUT2D eigenvalue weighted by Crippen LogP contribution is 2.26. The summed E-state index contributed by atoms with van der Waals surface area (Å²) in [6.45, 7) is 3.38. The fourth-order valence-corrected chi connectivity index (χ4v) is 2.40. The number of hydrogen-bond acceptors (Lipinski definition) is 4. The average Bonchev–Trinajstić information content (AvgIpc) is 2.51. The predicted molar refractivity (Wildman–Crippen MR) is 83.5 cm³/mol. The maximum Gasteiger partial charge on any atom is 0.270 e. The second-order valence-electron chi connectivity index (χ2n) is 4.92. The van der Waals surface area contributed by atoms with Crippen LogP contribution in [0.1, 0.15) is 41.3 Å². The lowest BCUT2D eigenvalue weighted by Crippen LogP contribution is -2.30. The molecular formula is C15H15F2N3O2S. The van der Waals surface area contributed by atoms with Crippen LogP contribution in [0.15, 0.2) is 34.0 Å². The van der Waals surface area contributed by atoms with Gasteiger partial charge in [0.1, 0.15) is 17.3 Å². The van der Waals surface area contributed by atoms with Gasteiger partial charge in [0.15, 0.2) is 0 Å². The molecule has 2 rings (SSSR count).